The number of pyridine rings is 1. The van der Waals surface area contributed by atoms with Gasteiger partial charge in [0.1, 0.15) is 24.7 Å². The molecule has 20 heavy (non-hydrogen) atoms. The van der Waals surface area contributed by atoms with Gasteiger partial charge in [-0.25, -0.2) is 0 Å². The summed E-state index contributed by atoms with van der Waals surface area (Å²) in [7, 11) is 0. The molecule has 0 atom stereocenters. The van der Waals surface area contributed by atoms with Crippen molar-refractivity contribution in [2.75, 3.05) is 52.9 Å². The number of ether oxygens (including phenoxy) is 4. The highest BCUT2D eigenvalue weighted by atomic mass is 16.5. The lowest BCUT2D eigenvalue weighted by atomic mass is 10.4. The highest BCUT2D eigenvalue weighted by Crippen LogP contribution is 2.17. The van der Waals surface area contributed by atoms with Gasteiger partial charge in [0.05, 0.1) is 52.0 Å². The molecule has 0 aromatic carbocycles. The van der Waals surface area contributed by atoms with Crippen molar-refractivity contribution in [2.24, 2.45) is 0 Å². The third-order valence-corrected chi connectivity index (χ3v) is 2.15. The molecule has 0 fully saturated rings. The van der Waals surface area contributed by atoms with Gasteiger partial charge in [0, 0.05) is 6.07 Å². The lowest BCUT2D eigenvalue weighted by Gasteiger charge is -2.09. The number of hydrogen-bond acceptors (Lipinski definition) is 7. The highest BCUT2D eigenvalue weighted by Gasteiger charge is 1.99. The molecule has 0 aliphatic carbocycles. The van der Waals surface area contributed by atoms with Crippen LogP contribution in [0.4, 0.5) is 0 Å². The monoisotopic (exact) mass is 287 g/mol. The molecule has 1 aromatic heterocycles. The summed E-state index contributed by atoms with van der Waals surface area (Å²) >= 11 is 0. The van der Waals surface area contributed by atoms with Crippen LogP contribution in [0.1, 0.15) is 0 Å². The average molecular weight is 287 g/mol. The Labute approximate surface area is 118 Å². The standard InChI is InChI=1S/C13H21NO6/c15-1-3-17-5-7-19-12-9-13(11-14-10-12)20-8-6-18-4-2-16/h9-11,15-16H,1-8H2. The minimum atomic E-state index is 0.00321. The van der Waals surface area contributed by atoms with Crippen molar-refractivity contribution in [3.8, 4) is 11.5 Å². The van der Waals surface area contributed by atoms with E-state index in [0.717, 1.165) is 0 Å². The first-order valence-corrected chi connectivity index (χ1v) is 6.44. The largest absolute Gasteiger partial charge is 0.489 e. The number of aliphatic hydroxyl groups excluding tert-OH is 2. The number of aliphatic hydroxyl groups is 2. The van der Waals surface area contributed by atoms with Gasteiger partial charge in [-0.1, -0.05) is 0 Å². The smallest absolute Gasteiger partial charge is 0.141 e. The number of rotatable bonds is 12. The molecule has 7 heteroatoms. The van der Waals surface area contributed by atoms with E-state index in [-0.39, 0.29) is 13.2 Å². The Balaban J connectivity index is 2.19. The molecule has 1 aromatic rings. The first-order chi connectivity index (χ1) is 9.86. The van der Waals surface area contributed by atoms with Crippen LogP contribution in [-0.4, -0.2) is 68.1 Å². The molecule has 1 rings (SSSR count). The fraction of sp³-hybridized carbons (Fsp3) is 0.615. The summed E-state index contributed by atoms with van der Waals surface area (Å²) < 4.78 is 21.0. The summed E-state index contributed by atoms with van der Waals surface area (Å²) in [5, 5.41) is 17.1. The van der Waals surface area contributed by atoms with Crippen molar-refractivity contribution in [3.63, 3.8) is 0 Å². The van der Waals surface area contributed by atoms with Crippen LogP contribution in [0.3, 0.4) is 0 Å². The quantitative estimate of drug-likeness (QED) is 0.517. The van der Waals surface area contributed by atoms with Crippen LogP contribution in [0.2, 0.25) is 0 Å². The van der Waals surface area contributed by atoms with E-state index in [1.165, 1.54) is 0 Å². The van der Waals surface area contributed by atoms with Gasteiger partial charge in [-0.3, -0.25) is 4.98 Å². The highest BCUT2D eigenvalue weighted by molar-refractivity contribution is 5.28. The zero-order valence-electron chi connectivity index (χ0n) is 11.4. The normalized spacial score (nSPS) is 10.5. The molecule has 0 bridgehead atoms. The topological polar surface area (TPSA) is 90.3 Å². The van der Waals surface area contributed by atoms with Crippen LogP contribution >= 0.6 is 0 Å². The minimum Gasteiger partial charge on any atom is -0.489 e. The molecule has 0 aliphatic rings. The molecule has 114 valence electrons. The molecule has 0 radical (unpaired) electrons. The molecule has 0 unspecified atom stereocenters. The van der Waals surface area contributed by atoms with Gasteiger partial charge in [0.2, 0.25) is 0 Å². The predicted molar refractivity (Wildman–Crippen MR) is 71.0 cm³/mol. The van der Waals surface area contributed by atoms with E-state index in [9.17, 15) is 0 Å². The first kappa shape index (κ1) is 16.6. The van der Waals surface area contributed by atoms with Gasteiger partial charge in [0.15, 0.2) is 0 Å². The van der Waals surface area contributed by atoms with Crippen LogP contribution in [0.15, 0.2) is 18.5 Å². The fourth-order valence-electron chi connectivity index (χ4n) is 1.33. The van der Waals surface area contributed by atoms with Gasteiger partial charge in [0.25, 0.3) is 0 Å². The fourth-order valence-corrected chi connectivity index (χ4v) is 1.33. The van der Waals surface area contributed by atoms with Crippen molar-refractivity contribution in [3.05, 3.63) is 18.5 Å². The second-order valence-corrected chi connectivity index (χ2v) is 3.73. The van der Waals surface area contributed by atoms with Crippen molar-refractivity contribution < 1.29 is 29.2 Å². The van der Waals surface area contributed by atoms with Crippen LogP contribution in [-0.2, 0) is 9.47 Å². The summed E-state index contributed by atoms with van der Waals surface area (Å²) in [6, 6.07) is 1.73. The second-order valence-electron chi connectivity index (χ2n) is 3.73. The van der Waals surface area contributed by atoms with Gasteiger partial charge in [-0.15, -0.1) is 0 Å². The Hall–Kier alpha value is -1.41. The molecule has 0 saturated heterocycles. The summed E-state index contributed by atoms with van der Waals surface area (Å²) in [5.41, 5.74) is 0. The van der Waals surface area contributed by atoms with Crippen LogP contribution in [0, 0.1) is 0 Å². The predicted octanol–water partition coefficient (Wildman–Crippen LogP) is -0.143. The van der Waals surface area contributed by atoms with Crippen molar-refractivity contribution in [1.82, 2.24) is 4.98 Å². The summed E-state index contributed by atoms with van der Waals surface area (Å²) in [4.78, 5) is 4.00. The van der Waals surface area contributed by atoms with Crippen molar-refractivity contribution >= 4 is 0 Å². The van der Waals surface area contributed by atoms with Crippen molar-refractivity contribution in [2.45, 2.75) is 0 Å². The average Bonchev–Trinajstić information content (AvgIpc) is 2.47. The molecule has 1 heterocycles. The van der Waals surface area contributed by atoms with E-state index in [1.807, 2.05) is 0 Å². The SMILES string of the molecule is OCCOCCOc1cncc(OCCOCCO)c1. The Morgan fingerprint density at radius 2 is 1.25 bits per heavy atom. The van der Waals surface area contributed by atoms with E-state index >= 15 is 0 Å². The number of nitrogens with zero attached hydrogens (tertiary/aromatic N) is 1. The summed E-state index contributed by atoms with van der Waals surface area (Å²) in [6.07, 6.45) is 3.17. The van der Waals surface area contributed by atoms with Gasteiger partial charge in [-0.05, 0) is 0 Å². The van der Waals surface area contributed by atoms with E-state index in [2.05, 4.69) is 4.98 Å². The Morgan fingerprint density at radius 3 is 1.70 bits per heavy atom. The molecule has 0 amide bonds. The van der Waals surface area contributed by atoms with E-state index < -0.39 is 0 Å². The van der Waals surface area contributed by atoms with E-state index in [1.54, 1.807) is 18.5 Å². The second kappa shape index (κ2) is 11.4. The maximum atomic E-state index is 8.54. The number of aromatic nitrogens is 1. The van der Waals surface area contributed by atoms with Crippen LogP contribution < -0.4 is 9.47 Å². The lowest BCUT2D eigenvalue weighted by Crippen LogP contribution is -2.10. The Kier molecular flexibility index (Phi) is 9.50. The molecule has 0 aliphatic heterocycles. The van der Waals surface area contributed by atoms with E-state index in [4.69, 9.17) is 29.2 Å². The van der Waals surface area contributed by atoms with Crippen molar-refractivity contribution in [1.29, 1.82) is 0 Å². The third kappa shape index (κ3) is 7.90. The van der Waals surface area contributed by atoms with Gasteiger partial charge < -0.3 is 29.2 Å². The third-order valence-electron chi connectivity index (χ3n) is 2.15. The zero-order valence-corrected chi connectivity index (χ0v) is 11.4. The zero-order chi connectivity index (χ0) is 14.5. The molecular weight excluding hydrogens is 266 g/mol. The summed E-state index contributed by atoms with van der Waals surface area (Å²) in [5.74, 6) is 1.18. The molecule has 0 spiro atoms. The maximum absolute atomic E-state index is 8.54. The lowest BCUT2D eigenvalue weighted by molar-refractivity contribution is 0.0688. The van der Waals surface area contributed by atoms with Crippen LogP contribution in [0.5, 0.6) is 11.5 Å². The number of hydrogen-bond donors (Lipinski definition) is 2. The molecular formula is C13H21NO6. The molecule has 2 N–H and O–H groups in total. The first-order valence-electron chi connectivity index (χ1n) is 6.44. The molecule has 7 nitrogen and oxygen atoms in total. The van der Waals surface area contributed by atoms with Gasteiger partial charge in [-0.2, -0.15) is 0 Å². The van der Waals surface area contributed by atoms with Crippen LogP contribution in [0.25, 0.3) is 0 Å². The molecule has 0 saturated carbocycles. The van der Waals surface area contributed by atoms with Gasteiger partial charge >= 0.3 is 0 Å². The minimum absolute atomic E-state index is 0.00321. The summed E-state index contributed by atoms with van der Waals surface area (Å²) in [6.45, 7) is 2.18. The maximum Gasteiger partial charge on any atom is 0.141 e. The Bertz CT molecular complexity index is 320. The van der Waals surface area contributed by atoms with E-state index in [0.29, 0.717) is 51.1 Å². The Morgan fingerprint density at radius 1 is 0.750 bits per heavy atom.